The Morgan fingerprint density at radius 1 is 1.29 bits per heavy atom. The summed E-state index contributed by atoms with van der Waals surface area (Å²) in [5, 5.41) is 0.576. The number of fused-ring (bicyclic) bond motifs is 1. The lowest BCUT2D eigenvalue weighted by Gasteiger charge is -2.11. The molecule has 3 nitrogen and oxygen atoms in total. The number of rotatable bonds is 3. The normalized spacial score (nSPS) is 12.9. The van der Waals surface area contributed by atoms with Gasteiger partial charge in [-0.05, 0) is 45.0 Å². The molecule has 1 aromatic heterocycles. The molecule has 2 rings (SSSR count). The zero-order chi connectivity index (χ0) is 15.4. The number of aromatic nitrogens is 2. The first kappa shape index (κ1) is 15.3. The first-order valence-corrected chi connectivity index (χ1v) is 7.21. The van der Waals surface area contributed by atoms with Gasteiger partial charge in [0, 0.05) is 10.6 Å². The van der Waals surface area contributed by atoms with Crippen LogP contribution in [0.3, 0.4) is 0 Å². The van der Waals surface area contributed by atoms with Crippen LogP contribution in [0.25, 0.3) is 16.6 Å². The lowest BCUT2D eigenvalue weighted by Crippen LogP contribution is -2.22. The van der Waals surface area contributed by atoms with Gasteiger partial charge >= 0.3 is 0 Å². The molecule has 4 heteroatoms. The van der Waals surface area contributed by atoms with E-state index in [-0.39, 0.29) is 5.56 Å². The maximum absolute atomic E-state index is 12.7. The molecule has 0 aliphatic heterocycles. The summed E-state index contributed by atoms with van der Waals surface area (Å²) in [6, 6.07) is 5.41. The summed E-state index contributed by atoms with van der Waals surface area (Å²) in [5.41, 5.74) is 1.42. The first-order valence-electron chi connectivity index (χ1n) is 6.77. The van der Waals surface area contributed by atoms with E-state index < -0.39 is 0 Å². The van der Waals surface area contributed by atoms with E-state index in [9.17, 15) is 4.79 Å². The van der Waals surface area contributed by atoms with Crippen molar-refractivity contribution in [2.24, 2.45) is 0 Å². The van der Waals surface area contributed by atoms with Gasteiger partial charge in [0.1, 0.15) is 5.82 Å². The van der Waals surface area contributed by atoms with Crippen LogP contribution in [-0.4, -0.2) is 9.55 Å². The van der Waals surface area contributed by atoms with Crippen molar-refractivity contribution in [2.45, 2.75) is 25.7 Å². The molecule has 1 heterocycles. The summed E-state index contributed by atoms with van der Waals surface area (Å²) in [6.45, 7) is 5.69. The van der Waals surface area contributed by atoms with Crippen molar-refractivity contribution in [1.29, 1.82) is 0 Å². The standard InChI is InChI=1S/C17H18N2OS/c1-4-6-7-8-13(5-2)19-12(3)18-16-10-9-14(21)11-15(16)17(19)20/h4-11,21H,1-3H3/b6-4-,8-7-,13-5+. The summed E-state index contributed by atoms with van der Waals surface area (Å²) in [5.74, 6) is 0.664. The molecule has 0 atom stereocenters. The Bertz CT molecular complexity index is 813. The quantitative estimate of drug-likeness (QED) is 0.687. The van der Waals surface area contributed by atoms with E-state index in [1.165, 1.54) is 0 Å². The van der Waals surface area contributed by atoms with Crippen molar-refractivity contribution < 1.29 is 0 Å². The van der Waals surface area contributed by atoms with Crippen LogP contribution in [0.15, 0.2) is 58.3 Å². The van der Waals surface area contributed by atoms with Gasteiger partial charge in [-0.2, -0.15) is 0 Å². The van der Waals surface area contributed by atoms with Crippen LogP contribution in [-0.2, 0) is 0 Å². The van der Waals surface area contributed by atoms with Crippen molar-refractivity contribution in [3.05, 3.63) is 64.8 Å². The van der Waals surface area contributed by atoms with E-state index in [2.05, 4.69) is 17.6 Å². The van der Waals surface area contributed by atoms with Crippen LogP contribution in [0.5, 0.6) is 0 Å². The molecule has 0 N–H and O–H groups in total. The number of benzene rings is 1. The first-order chi connectivity index (χ1) is 10.1. The zero-order valence-electron chi connectivity index (χ0n) is 12.4. The topological polar surface area (TPSA) is 34.9 Å². The Labute approximate surface area is 129 Å². The predicted molar refractivity (Wildman–Crippen MR) is 91.9 cm³/mol. The monoisotopic (exact) mass is 298 g/mol. The van der Waals surface area contributed by atoms with Gasteiger partial charge in [-0.15, -0.1) is 12.6 Å². The molecule has 0 aliphatic carbocycles. The SMILES string of the molecule is C\C=C/C=C\C(=C/C)n1c(C)nc2ccc(S)cc2c1=O. The highest BCUT2D eigenvalue weighted by Gasteiger charge is 2.10. The van der Waals surface area contributed by atoms with Crippen LogP contribution in [0.1, 0.15) is 19.7 Å². The van der Waals surface area contributed by atoms with Crippen LogP contribution >= 0.6 is 12.6 Å². The minimum Gasteiger partial charge on any atom is -0.268 e. The maximum atomic E-state index is 12.7. The van der Waals surface area contributed by atoms with E-state index in [4.69, 9.17) is 0 Å². The van der Waals surface area contributed by atoms with Gasteiger partial charge in [0.25, 0.3) is 5.56 Å². The predicted octanol–water partition coefficient (Wildman–Crippen LogP) is 3.99. The minimum atomic E-state index is -0.0772. The molecule has 108 valence electrons. The van der Waals surface area contributed by atoms with E-state index in [1.54, 1.807) is 10.6 Å². The molecular weight excluding hydrogens is 280 g/mol. The molecule has 21 heavy (non-hydrogen) atoms. The summed E-state index contributed by atoms with van der Waals surface area (Å²) in [6.07, 6.45) is 9.55. The molecule has 0 aliphatic rings. The van der Waals surface area contributed by atoms with Gasteiger partial charge < -0.3 is 0 Å². The van der Waals surface area contributed by atoms with Crippen LogP contribution in [0, 0.1) is 6.92 Å². The molecule has 2 aromatic rings. The highest BCUT2D eigenvalue weighted by atomic mass is 32.1. The number of nitrogens with zero attached hydrogens (tertiary/aromatic N) is 2. The van der Waals surface area contributed by atoms with Crippen LogP contribution < -0.4 is 5.56 Å². The van der Waals surface area contributed by atoms with Crippen molar-refractivity contribution in [2.75, 3.05) is 0 Å². The van der Waals surface area contributed by atoms with Gasteiger partial charge in [0.15, 0.2) is 0 Å². The lowest BCUT2D eigenvalue weighted by atomic mass is 10.2. The third kappa shape index (κ3) is 3.16. The Kier molecular flexibility index (Phi) is 4.81. The summed E-state index contributed by atoms with van der Waals surface area (Å²) in [4.78, 5) is 18.0. The molecular formula is C17H18N2OS. The van der Waals surface area contributed by atoms with E-state index in [0.29, 0.717) is 16.7 Å². The average Bonchev–Trinajstić information content (AvgIpc) is 2.46. The number of allylic oxidation sites excluding steroid dienone is 6. The summed E-state index contributed by atoms with van der Waals surface area (Å²) >= 11 is 4.30. The maximum Gasteiger partial charge on any atom is 0.265 e. The van der Waals surface area contributed by atoms with E-state index >= 15 is 0 Å². The Morgan fingerprint density at radius 2 is 2.05 bits per heavy atom. The molecule has 0 saturated heterocycles. The lowest BCUT2D eigenvalue weighted by molar-refractivity contribution is 0.918. The van der Waals surface area contributed by atoms with Gasteiger partial charge in [-0.25, -0.2) is 4.98 Å². The second-order valence-electron chi connectivity index (χ2n) is 4.60. The van der Waals surface area contributed by atoms with Gasteiger partial charge in [0.2, 0.25) is 0 Å². The van der Waals surface area contributed by atoms with E-state index in [0.717, 1.165) is 10.6 Å². The number of hydrogen-bond donors (Lipinski definition) is 1. The Morgan fingerprint density at radius 3 is 2.71 bits per heavy atom. The fourth-order valence-corrected chi connectivity index (χ4v) is 2.36. The molecule has 0 fully saturated rings. The minimum absolute atomic E-state index is 0.0772. The molecule has 0 amide bonds. The van der Waals surface area contributed by atoms with Crippen molar-refractivity contribution in [3.8, 4) is 0 Å². The highest BCUT2D eigenvalue weighted by molar-refractivity contribution is 7.80. The Hall–Kier alpha value is -2.07. The van der Waals surface area contributed by atoms with Gasteiger partial charge in [-0.1, -0.05) is 24.3 Å². The largest absolute Gasteiger partial charge is 0.268 e. The highest BCUT2D eigenvalue weighted by Crippen LogP contribution is 2.16. The third-order valence-corrected chi connectivity index (χ3v) is 3.42. The fraction of sp³-hybridized carbons (Fsp3) is 0.176. The van der Waals surface area contributed by atoms with Crippen LogP contribution in [0.2, 0.25) is 0 Å². The average molecular weight is 298 g/mol. The third-order valence-electron chi connectivity index (χ3n) is 3.14. The molecule has 0 unspecified atom stereocenters. The number of hydrogen-bond acceptors (Lipinski definition) is 3. The van der Waals surface area contributed by atoms with Crippen molar-refractivity contribution in [1.82, 2.24) is 9.55 Å². The second-order valence-corrected chi connectivity index (χ2v) is 5.12. The van der Waals surface area contributed by atoms with Gasteiger partial charge in [0.05, 0.1) is 10.9 Å². The summed E-state index contributed by atoms with van der Waals surface area (Å²) < 4.78 is 1.62. The summed E-state index contributed by atoms with van der Waals surface area (Å²) in [7, 11) is 0. The molecule has 0 saturated carbocycles. The zero-order valence-corrected chi connectivity index (χ0v) is 13.3. The van der Waals surface area contributed by atoms with Crippen molar-refractivity contribution >= 4 is 29.2 Å². The fourth-order valence-electron chi connectivity index (χ4n) is 2.15. The van der Waals surface area contributed by atoms with Gasteiger partial charge in [-0.3, -0.25) is 9.36 Å². The van der Waals surface area contributed by atoms with Crippen LogP contribution in [0.4, 0.5) is 0 Å². The molecule has 0 radical (unpaired) electrons. The van der Waals surface area contributed by atoms with E-state index in [1.807, 2.05) is 63.3 Å². The molecule has 1 aromatic carbocycles. The Balaban J connectivity index is 2.71. The molecule has 0 bridgehead atoms. The van der Waals surface area contributed by atoms with Crippen molar-refractivity contribution in [3.63, 3.8) is 0 Å². The number of thiol groups is 1. The smallest absolute Gasteiger partial charge is 0.265 e. The number of aryl methyl sites for hydroxylation is 1. The second kappa shape index (κ2) is 6.59. The molecule has 0 spiro atoms.